The summed E-state index contributed by atoms with van der Waals surface area (Å²) in [4.78, 5) is 0. The molecule has 4 nitrogen and oxygen atoms in total. The average Bonchev–Trinajstić information content (AvgIpc) is 3.04. The summed E-state index contributed by atoms with van der Waals surface area (Å²) in [5.41, 5.74) is 0.552. The van der Waals surface area contributed by atoms with E-state index in [-0.39, 0.29) is 0 Å². The number of rotatable bonds is 7. The van der Waals surface area contributed by atoms with Crippen LogP contribution < -0.4 is 0 Å². The first kappa shape index (κ1) is 17.0. The van der Waals surface area contributed by atoms with Gasteiger partial charge in [-0.3, -0.25) is 0 Å². The van der Waals surface area contributed by atoms with Gasteiger partial charge < -0.3 is 18.0 Å². The summed E-state index contributed by atoms with van der Waals surface area (Å²) in [6.07, 6.45) is 7.00. The molecule has 0 amide bonds. The third-order valence-electron chi connectivity index (χ3n) is 9.21. The molecule has 5 heteroatoms. The Balaban J connectivity index is 1.27. The molecule has 1 heterocycles. The summed E-state index contributed by atoms with van der Waals surface area (Å²) >= 11 is 0. The normalized spacial score (nSPS) is 55.3. The van der Waals surface area contributed by atoms with Crippen molar-refractivity contribution in [1.82, 2.24) is 0 Å². The van der Waals surface area contributed by atoms with E-state index < -0.39 is 8.80 Å². The standard InChI is InChI=1S/C21H34O4Si/c1-4-22-26(23-5-2,24-6-3)17-8-11-7-12(17)13-9-14-15-10-16(19(14)18(11)13)21-20(15)25-21/h11-21H,4-10H2,1-3H3. The van der Waals surface area contributed by atoms with Gasteiger partial charge in [-0.25, -0.2) is 0 Å². The molecule has 0 N–H and O–H groups in total. The number of ether oxygens (including phenoxy) is 1. The number of hydrogen-bond acceptors (Lipinski definition) is 4. The molecule has 6 aliphatic rings. The number of hydrogen-bond donors (Lipinski definition) is 0. The Morgan fingerprint density at radius 1 is 0.692 bits per heavy atom. The van der Waals surface area contributed by atoms with Crippen LogP contribution in [0.1, 0.15) is 46.5 Å². The van der Waals surface area contributed by atoms with Gasteiger partial charge in [0.05, 0.1) is 12.2 Å². The van der Waals surface area contributed by atoms with Crippen molar-refractivity contribution in [3.05, 3.63) is 0 Å². The van der Waals surface area contributed by atoms with Crippen molar-refractivity contribution < 1.29 is 18.0 Å². The maximum atomic E-state index is 6.34. The molecule has 0 aromatic carbocycles. The van der Waals surface area contributed by atoms with Crippen molar-refractivity contribution in [3.8, 4) is 0 Å². The molecule has 4 bridgehead atoms. The molecule has 0 aromatic heterocycles. The fraction of sp³-hybridized carbons (Fsp3) is 1.00. The SMILES string of the molecule is CCO[Si](OCC)(OCC)C1CC2CC1C1CC3C4CC(C5OC45)C3C21. The van der Waals surface area contributed by atoms with Crippen LogP contribution in [0, 0.1) is 47.3 Å². The van der Waals surface area contributed by atoms with Crippen LogP contribution in [0.15, 0.2) is 0 Å². The Morgan fingerprint density at radius 3 is 2.00 bits per heavy atom. The Bertz CT molecular complexity index is 567. The van der Waals surface area contributed by atoms with Crippen LogP contribution in [0.2, 0.25) is 5.54 Å². The van der Waals surface area contributed by atoms with Gasteiger partial charge in [-0.15, -0.1) is 0 Å². The Hall–Kier alpha value is 0.0569. The average molecular weight is 379 g/mol. The van der Waals surface area contributed by atoms with Crippen molar-refractivity contribution in [1.29, 1.82) is 0 Å². The monoisotopic (exact) mass is 378 g/mol. The van der Waals surface area contributed by atoms with Gasteiger partial charge in [0.15, 0.2) is 0 Å². The van der Waals surface area contributed by atoms with Gasteiger partial charge in [-0.05, 0) is 93.8 Å². The van der Waals surface area contributed by atoms with Gasteiger partial charge in [-0.2, -0.15) is 0 Å². The predicted octanol–water partition coefficient (Wildman–Crippen LogP) is 3.73. The lowest BCUT2D eigenvalue weighted by Gasteiger charge is -2.42. The minimum Gasteiger partial charge on any atom is -0.374 e. The molecule has 1 aliphatic heterocycles. The topological polar surface area (TPSA) is 40.2 Å². The lowest BCUT2D eigenvalue weighted by molar-refractivity contribution is 0.0429. The van der Waals surface area contributed by atoms with E-state index in [0.29, 0.717) is 37.6 Å². The van der Waals surface area contributed by atoms with Crippen LogP contribution in [0.4, 0.5) is 0 Å². The van der Waals surface area contributed by atoms with Gasteiger partial charge in [0.2, 0.25) is 0 Å². The molecule has 5 aliphatic carbocycles. The maximum Gasteiger partial charge on any atom is 0.504 e. The maximum absolute atomic E-state index is 6.34. The predicted molar refractivity (Wildman–Crippen MR) is 99.4 cm³/mol. The molecule has 6 rings (SSSR count). The zero-order valence-corrected chi connectivity index (χ0v) is 17.4. The van der Waals surface area contributed by atoms with Gasteiger partial charge in [0.25, 0.3) is 0 Å². The fourth-order valence-electron chi connectivity index (χ4n) is 8.94. The first-order valence-electron chi connectivity index (χ1n) is 11.3. The van der Waals surface area contributed by atoms with E-state index in [4.69, 9.17) is 18.0 Å². The largest absolute Gasteiger partial charge is 0.504 e. The van der Waals surface area contributed by atoms with E-state index in [1.807, 2.05) is 0 Å². The summed E-state index contributed by atoms with van der Waals surface area (Å²) in [5, 5.41) is 0. The van der Waals surface area contributed by atoms with Crippen LogP contribution in [0.5, 0.6) is 0 Å². The molecule has 1 saturated heterocycles. The minimum absolute atomic E-state index is 0.552. The van der Waals surface area contributed by atoms with E-state index in [2.05, 4.69) is 20.8 Å². The van der Waals surface area contributed by atoms with Crippen LogP contribution in [-0.4, -0.2) is 40.8 Å². The molecule has 6 fully saturated rings. The molecule has 146 valence electrons. The first-order chi connectivity index (χ1) is 12.7. The Kier molecular flexibility index (Phi) is 3.78. The molecule has 11 unspecified atom stereocenters. The van der Waals surface area contributed by atoms with Crippen LogP contribution in [0.25, 0.3) is 0 Å². The number of epoxide rings is 1. The second kappa shape index (κ2) is 5.79. The van der Waals surface area contributed by atoms with Crippen molar-refractivity contribution >= 4 is 8.80 Å². The Labute approximate surface area is 158 Å². The fourth-order valence-corrected chi connectivity index (χ4v) is 12.5. The smallest absolute Gasteiger partial charge is 0.374 e. The van der Waals surface area contributed by atoms with E-state index in [9.17, 15) is 0 Å². The Morgan fingerprint density at radius 2 is 1.31 bits per heavy atom. The zero-order valence-electron chi connectivity index (χ0n) is 16.4. The molecule has 11 atom stereocenters. The minimum atomic E-state index is -2.56. The van der Waals surface area contributed by atoms with E-state index in [1.165, 1.54) is 25.7 Å². The van der Waals surface area contributed by atoms with E-state index >= 15 is 0 Å². The van der Waals surface area contributed by atoms with Crippen LogP contribution >= 0.6 is 0 Å². The molecule has 0 aromatic rings. The molecule has 26 heavy (non-hydrogen) atoms. The third-order valence-corrected chi connectivity index (χ3v) is 12.9. The van der Waals surface area contributed by atoms with Crippen molar-refractivity contribution in [2.24, 2.45) is 47.3 Å². The molecule has 5 saturated carbocycles. The first-order valence-corrected chi connectivity index (χ1v) is 13.1. The molecule has 0 radical (unpaired) electrons. The lowest BCUT2D eigenvalue weighted by atomic mass is 9.72. The van der Waals surface area contributed by atoms with Crippen LogP contribution in [-0.2, 0) is 18.0 Å². The van der Waals surface area contributed by atoms with E-state index in [1.54, 1.807) is 0 Å². The summed E-state index contributed by atoms with van der Waals surface area (Å²) < 4.78 is 25.1. The lowest BCUT2D eigenvalue weighted by Crippen LogP contribution is -2.53. The number of fused-ring (bicyclic) bond motifs is 14. The van der Waals surface area contributed by atoms with Gasteiger partial charge in [-0.1, -0.05) is 0 Å². The van der Waals surface area contributed by atoms with Gasteiger partial charge >= 0.3 is 8.80 Å². The highest BCUT2D eigenvalue weighted by Gasteiger charge is 2.75. The highest BCUT2D eigenvalue weighted by Crippen LogP contribution is 2.76. The summed E-state index contributed by atoms with van der Waals surface area (Å²) in [6, 6.07) is 0. The molecule has 0 spiro atoms. The molecular formula is C21H34O4Si. The summed E-state index contributed by atoms with van der Waals surface area (Å²) in [6.45, 7) is 8.43. The van der Waals surface area contributed by atoms with Gasteiger partial charge in [0.1, 0.15) is 0 Å². The highest BCUT2D eigenvalue weighted by atomic mass is 28.4. The van der Waals surface area contributed by atoms with E-state index in [0.717, 1.165) is 47.3 Å². The second-order valence-electron chi connectivity index (χ2n) is 9.75. The second-order valence-corrected chi connectivity index (χ2v) is 12.6. The van der Waals surface area contributed by atoms with Crippen molar-refractivity contribution in [2.75, 3.05) is 19.8 Å². The molecular weight excluding hydrogens is 344 g/mol. The highest BCUT2D eigenvalue weighted by molar-refractivity contribution is 6.62. The van der Waals surface area contributed by atoms with Crippen molar-refractivity contribution in [3.63, 3.8) is 0 Å². The van der Waals surface area contributed by atoms with Crippen LogP contribution in [0.3, 0.4) is 0 Å². The zero-order chi connectivity index (χ0) is 17.6. The summed E-state index contributed by atoms with van der Waals surface area (Å²) in [7, 11) is -2.56. The third kappa shape index (κ3) is 2.00. The summed E-state index contributed by atoms with van der Waals surface area (Å²) in [5.74, 6) is 7.39. The van der Waals surface area contributed by atoms with Crippen molar-refractivity contribution in [2.45, 2.75) is 64.2 Å². The van der Waals surface area contributed by atoms with Gasteiger partial charge in [0, 0.05) is 25.4 Å². The quantitative estimate of drug-likeness (QED) is 0.500.